The zero-order chi connectivity index (χ0) is 18.3. The quantitative estimate of drug-likeness (QED) is 0.554. The van der Waals surface area contributed by atoms with E-state index in [0.717, 1.165) is 16.7 Å². The Morgan fingerprint density at radius 3 is 2.29 bits per heavy atom. The van der Waals surface area contributed by atoms with Crippen molar-refractivity contribution in [1.29, 1.82) is 0 Å². The van der Waals surface area contributed by atoms with E-state index in [2.05, 4.69) is 15.9 Å². The van der Waals surface area contributed by atoms with E-state index in [1.165, 1.54) is 12.3 Å². The van der Waals surface area contributed by atoms with Crippen LogP contribution in [-0.2, 0) is 10.9 Å². The molecule has 0 fully saturated rings. The molecule has 130 valence electrons. The Kier molecular flexibility index (Phi) is 4.81. The molecule has 0 spiro atoms. The normalized spacial score (nSPS) is 12.3. The lowest BCUT2D eigenvalue weighted by atomic mass is 10.1. The zero-order valence-electron chi connectivity index (χ0n) is 13.0. The lowest BCUT2D eigenvalue weighted by Gasteiger charge is -2.20. The summed E-state index contributed by atoms with van der Waals surface area (Å²) in [7, 11) is 0. The van der Waals surface area contributed by atoms with Crippen molar-refractivity contribution < 1.29 is 27.1 Å². The first kappa shape index (κ1) is 18.5. The van der Waals surface area contributed by atoms with Crippen molar-refractivity contribution in [3.05, 3.63) is 46.3 Å². The van der Waals surface area contributed by atoms with Crippen LogP contribution in [0.2, 0.25) is 0 Å². The summed E-state index contributed by atoms with van der Waals surface area (Å²) in [6.45, 7) is 4.98. The number of carbonyl (C=O) groups excluding carboxylic acids is 1. The topological polar surface area (TPSA) is 31.2 Å². The minimum atomic E-state index is -4.70. The molecule has 1 heterocycles. The summed E-state index contributed by atoms with van der Waals surface area (Å²) in [6.07, 6.45) is -4.13. The zero-order valence-corrected chi connectivity index (χ0v) is 14.6. The van der Waals surface area contributed by atoms with Crippen LogP contribution in [0.5, 0.6) is 0 Å². The summed E-state index contributed by atoms with van der Waals surface area (Å²) in [5.41, 5.74) is -1.92. The molecule has 0 aliphatic carbocycles. The van der Waals surface area contributed by atoms with Gasteiger partial charge in [-0.25, -0.2) is 9.18 Å². The predicted octanol–water partition coefficient (Wildman–Crippen LogP) is 5.86. The monoisotopic (exact) mass is 407 g/mol. The van der Waals surface area contributed by atoms with Gasteiger partial charge in [-0.05, 0) is 61.0 Å². The van der Waals surface area contributed by atoms with E-state index in [-0.39, 0.29) is 11.3 Å². The van der Waals surface area contributed by atoms with Gasteiger partial charge in [-0.3, -0.25) is 4.57 Å². The fraction of sp³-hybridized carbons (Fsp3) is 0.312. The molecular formula is C16H14BrF4NO2. The Balaban J connectivity index is 2.54. The molecule has 8 heteroatoms. The summed E-state index contributed by atoms with van der Waals surface area (Å²) in [6, 6.07) is 3.53. The first-order valence-electron chi connectivity index (χ1n) is 6.86. The van der Waals surface area contributed by atoms with Crippen LogP contribution >= 0.6 is 15.9 Å². The molecular weight excluding hydrogens is 394 g/mol. The molecule has 1 aromatic heterocycles. The second-order valence-corrected chi connectivity index (χ2v) is 7.04. The number of benzene rings is 1. The standard InChI is InChI=1S/C16H14BrF4NO2/c1-15(2,3)24-14(23)22-8-11(17)7-13(22)9-4-10(16(19,20)21)6-12(18)5-9/h4-8H,1-3H3. The second kappa shape index (κ2) is 6.23. The van der Waals surface area contributed by atoms with Crippen molar-refractivity contribution in [2.24, 2.45) is 0 Å². The van der Waals surface area contributed by atoms with Gasteiger partial charge in [0, 0.05) is 16.2 Å². The number of hydrogen-bond acceptors (Lipinski definition) is 2. The molecule has 2 aromatic rings. The van der Waals surface area contributed by atoms with Crippen molar-refractivity contribution in [3.63, 3.8) is 0 Å². The van der Waals surface area contributed by atoms with Gasteiger partial charge in [0.15, 0.2) is 0 Å². The number of hydrogen-bond donors (Lipinski definition) is 0. The number of nitrogens with zero attached hydrogens (tertiary/aromatic N) is 1. The van der Waals surface area contributed by atoms with Crippen LogP contribution in [0.3, 0.4) is 0 Å². The van der Waals surface area contributed by atoms with Crippen LogP contribution in [0.1, 0.15) is 26.3 Å². The van der Waals surface area contributed by atoms with Gasteiger partial charge in [-0.2, -0.15) is 13.2 Å². The van der Waals surface area contributed by atoms with Gasteiger partial charge in [0.25, 0.3) is 0 Å². The van der Waals surface area contributed by atoms with Gasteiger partial charge < -0.3 is 4.74 Å². The van der Waals surface area contributed by atoms with Gasteiger partial charge in [-0.1, -0.05) is 0 Å². The Morgan fingerprint density at radius 2 is 1.75 bits per heavy atom. The highest BCUT2D eigenvalue weighted by atomic mass is 79.9. The third-order valence-electron chi connectivity index (χ3n) is 2.90. The summed E-state index contributed by atoms with van der Waals surface area (Å²) < 4.78 is 58.9. The van der Waals surface area contributed by atoms with Crippen molar-refractivity contribution in [2.45, 2.75) is 32.5 Å². The predicted molar refractivity (Wildman–Crippen MR) is 84.2 cm³/mol. The Bertz CT molecular complexity index is 775. The van der Waals surface area contributed by atoms with Crippen molar-refractivity contribution in [3.8, 4) is 11.3 Å². The fourth-order valence-corrected chi connectivity index (χ4v) is 2.44. The molecule has 0 N–H and O–H groups in total. The second-order valence-electron chi connectivity index (χ2n) is 6.12. The van der Waals surface area contributed by atoms with E-state index in [4.69, 9.17) is 4.74 Å². The average Bonchev–Trinajstić information content (AvgIpc) is 2.77. The number of aromatic nitrogens is 1. The maximum absolute atomic E-state index is 13.6. The third-order valence-corrected chi connectivity index (χ3v) is 3.33. The van der Waals surface area contributed by atoms with E-state index in [1.54, 1.807) is 20.8 Å². The van der Waals surface area contributed by atoms with Gasteiger partial charge in [0.05, 0.1) is 11.3 Å². The van der Waals surface area contributed by atoms with Crippen LogP contribution in [0, 0.1) is 5.82 Å². The largest absolute Gasteiger partial charge is 0.443 e. The van der Waals surface area contributed by atoms with E-state index in [1.807, 2.05) is 0 Å². The minimum Gasteiger partial charge on any atom is -0.443 e. The van der Waals surface area contributed by atoms with Crippen molar-refractivity contribution in [2.75, 3.05) is 0 Å². The molecule has 24 heavy (non-hydrogen) atoms. The number of alkyl halides is 3. The molecule has 1 aromatic carbocycles. The lowest BCUT2D eigenvalue weighted by Crippen LogP contribution is -2.27. The smallest absolute Gasteiger partial charge is 0.419 e. The minimum absolute atomic E-state index is 0.0844. The molecule has 0 saturated carbocycles. The highest BCUT2D eigenvalue weighted by molar-refractivity contribution is 9.10. The summed E-state index contributed by atoms with van der Waals surface area (Å²) >= 11 is 3.16. The molecule has 0 aliphatic rings. The molecule has 0 amide bonds. The molecule has 0 unspecified atom stereocenters. The van der Waals surface area contributed by atoms with Gasteiger partial charge in [0.2, 0.25) is 0 Å². The first-order valence-corrected chi connectivity index (χ1v) is 7.65. The number of halogens is 5. The Morgan fingerprint density at radius 1 is 1.12 bits per heavy atom. The van der Waals surface area contributed by atoms with Crippen LogP contribution in [-0.4, -0.2) is 16.3 Å². The molecule has 0 radical (unpaired) electrons. The maximum Gasteiger partial charge on any atom is 0.419 e. The summed E-state index contributed by atoms with van der Waals surface area (Å²) in [5, 5.41) is 0. The number of carbonyl (C=O) groups is 1. The molecule has 0 aliphatic heterocycles. The van der Waals surface area contributed by atoms with E-state index >= 15 is 0 Å². The Labute approximate surface area is 144 Å². The van der Waals surface area contributed by atoms with Crippen LogP contribution in [0.4, 0.5) is 22.4 Å². The van der Waals surface area contributed by atoms with Crippen LogP contribution < -0.4 is 0 Å². The fourth-order valence-electron chi connectivity index (χ4n) is 2.02. The van der Waals surface area contributed by atoms with E-state index < -0.39 is 29.3 Å². The van der Waals surface area contributed by atoms with Crippen molar-refractivity contribution in [1.82, 2.24) is 4.57 Å². The summed E-state index contributed by atoms with van der Waals surface area (Å²) in [4.78, 5) is 12.2. The highest BCUT2D eigenvalue weighted by Crippen LogP contribution is 2.34. The first-order chi connectivity index (χ1) is 10.9. The number of rotatable bonds is 1. The van der Waals surface area contributed by atoms with Crippen molar-refractivity contribution >= 4 is 22.0 Å². The van der Waals surface area contributed by atoms with Gasteiger partial charge in [0.1, 0.15) is 11.4 Å². The van der Waals surface area contributed by atoms with Crippen LogP contribution in [0.25, 0.3) is 11.3 Å². The Hall–Kier alpha value is -1.83. The molecule has 0 saturated heterocycles. The van der Waals surface area contributed by atoms with Gasteiger partial charge in [-0.15, -0.1) is 0 Å². The third kappa shape index (κ3) is 4.37. The highest BCUT2D eigenvalue weighted by Gasteiger charge is 2.32. The lowest BCUT2D eigenvalue weighted by molar-refractivity contribution is -0.137. The molecule has 3 nitrogen and oxygen atoms in total. The maximum atomic E-state index is 13.6. The van der Waals surface area contributed by atoms with E-state index in [9.17, 15) is 22.4 Å². The average molecular weight is 408 g/mol. The molecule has 0 atom stereocenters. The number of ether oxygens (including phenoxy) is 1. The SMILES string of the molecule is CC(C)(C)OC(=O)n1cc(Br)cc1-c1cc(F)cc(C(F)(F)F)c1. The summed E-state index contributed by atoms with van der Waals surface area (Å²) in [5.74, 6) is -1.05. The molecule has 2 rings (SSSR count). The van der Waals surface area contributed by atoms with Crippen LogP contribution in [0.15, 0.2) is 34.9 Å². The molecule has 0 bridgehead atoms. The van der Waals surface area contributed by atoms with E-state index in [0.29, 0.717) is 10.5 Å². The van der Waals surface area contributed by atoms with Gasteiger partial charge >= 0.3 is 12.3 Å².